The Balaban J connectivity index is 2.09. The molecule has 1 N–H and O–H groups in total. The zero-order chi connectivity index (χ0) is 13.9. The Labute approximate surface area is 116 Å². The van der Waals surface area contributed by atoms with Crippen molar-refractivity contribution in [3.63, 3.8) is 0 Å². The molecular weight excluding hydrogens is 254 g/mol. The van der Waals surface area contributed by atoms with Crippen molar-refractivity contribution in [3.05, 3.63) is 54.1 Å². The summed E-state index contributed by atoms with van der Waals surface area (Å²) in [6.07, 6.45) is 5.60. The van der Waals surface area contributed by atoms with E-state index in [1.54, 1.807) is 12.3 Å². The van der Waals surface area contributed by atoms with E-state index in [2.05, 4.69) is 11.9 Å². The zero-order valence-corrected chi connectivity index (χ0v) is 11.2. The minimum atomic E-state index is -0.0717. The number of hydrogen-bond acceptors (Lipinski definition) is 3. The quantitative estimate of drug-likeness (QED) is 0.717. The molecule has 0 unspecified atom stereocenters. The minimum Gasteiger partial charge on any atom is -0.493 e. The molecular formula is C16H15NO3. The van der Waals surface area contributed by atoms with Gasteiger partial charge in [-0.05, 0) is 24.6 Å². The highest BCUT2D eigenvalue weighted by molar-refractivity contribution is 6.17. The molecule has 0 aliphatic rings. The fourth-order valence-corrected chi connectivity index (χ4v) is 2.21. The summed E-state index contributed by atoms with van der Waals surface area (Å²) in [5.74, 6) is 0.662. The summed E-state index contributed by atoms with van der Waals surface area (Å²) in [7, 11) is 0. The van der Waals surface area contributed by atoms with Gasteiger partial charge in [-0.2, -0.15) is 0 Å². The second-order valence-electron chi connectivity index (χ2n) is 4.57. The molecule has 0 aliphatic carbocycles. The number of fused-ring (bicyclic) bond motifs is 1. The van der Waals surface area contributed by atoms with Crippen LogP contribution in [0.2, 0.25) is 0 Å². The van der Waals surface area contributed by atoms with Gasteiger partial charge in [-0.25, -0.2) is 0 Å². The van der Waals surface area contributed by atoms with Gasteiger partial charge in [0, 0.05) is 11.7 Å². The molecule has 0 atom stereocenters. The largest absolute Gasteiger partial charge is 0.493 e. The van der Waals surface area contributed by atoms with Gasteiger partial charge in [0.25, 0.3) is 0 Å². The van der Waals surface area contributed by atoms with Gasteiger partial charge in [0.15, 0.2) is 5.78 Å². The Hall–Kier alpha value is -2.49. The van der Waals surface area contributed by atoms with Gasteiger partial charge >= 0.3 is 0 Å². The number of carbonyl (C=O) groups is 1. The lowest BCUT2D eigenvalue weighted by Crippen LogP contribution is -2.00. The van der Waals surface area contributed by atoms with Gasteiger partial charge in [0.1, 0.15) is 12.0 Å². The minimum absolute atomic E-state index is 0.0717. The number of rotatable bonds is 5. The number of benzene rings is 1. The molecule has 0 radical (unpaired) electrons. The third-order valence-electron chi connectivity index (χ3n) is 3.16. The number of hydrogen-bond donors (Lipinski definition) is 1. The lowest BCUT2D eigenvalue weighted by molar-refractivity contribution is 0.103. The van der Waals surface area contributed by atoms with Crippen molar-refractivity contribution in [1.29, 1.82) is 0 Å². The van der Waals surface area contributed by atoms with E-state index in [1.807, 2.05) is 18.2 Å². The van der Waals surface area contributed by atoms with E-state index in [0.717, 1.165) is 23.1 Å². The average Bonchev–Trinajstić information content (AvgIpc) is 3.13. The fraction of sp³-hybridized carbons (Fsp3) is 0.188. The smallest absolute Gasteiger partial charge is 0.198 e. The van der Waals surface area contributed by atoms with Crippen molar-refractivity contribution in [2.24, 2.45) is 0 Å². The average molecular weight is 269 g/mol. The van der Waals surface area contributed by atoms with Crippen molar-refractivity contribution in [3.8, 4) is 5.75 Å². The summed E-state index contributed by atoms with van der Waals surface area (Å²) in [5.41, 5.74) is 2.04. The van der Waals surface area contributed by atoms with Gasteiger partial charge in [0.2, 0.25) is 0 Å². The normalized spacial score (nSPS) is 10.8. The molecule has 0 saturated carbocycles. The molecule has 0 fully saturated rings. The molecule has 4 heteroatoms. The number of carbonyl (C=O) groups excluding carboxylic acids is 1. The van der Waals surface area contributed by atoms with Crippen molar-refractivity contribution < 1.29 is 13.9 Å². The maximum absolute atomic E-state index is 12.5. The first-order chi connectivity index (χ1) is 9.81. The van der Waals surface area contributed by atoms with Crippen LogP contribution in [0.1, 0.15) is 29.3 Å². The van der Waals surface area contributed by atoms with Crippen LogP contribution in [-0.2, 0) is 0 Å². The first-order valence-electron chi connectivity index (χ1n) is 6.61. The van der Waals surface area contributed by atoms with E-state index < -0.39 is 0 Å². The third kappa shape index (κ3) is 2.09. The molecule has 0 spiro atoms. The van der Waals surface area contributed by atoms with Crippen LogP contribution in [0.25, 0.3) is 10.9 Å². The molecule has 2 aromatic heterocycles. The van der Waals surface area contributed by atoms with Gasteiger partial charge in [-0.15, -0.1) is 0 Å². The summed E-state index contributed by atoms with van der Waals surface area (Å²) in [4.78, 5) is 15.6. The summed E-state index contributed by atoms with van der Waals surface area (Å²) < 4.78 is 10.7. The number of ketones is 1. The Morgan fingerprint density at radius 2 is 2.25 bits per heavy atom. The van der Waals surface area contributed by atoms with Gasteiger partial charge in [0.05, 0.1) is 29.4 Å². The Bertz CT molecular complexity index is 725. The van der Waals surface area contributed by atoms with Crippen molar-refractivity contribution >= 4 is 16.7 Å². The van der Waals surface area contributed by atoms with Gasteiger partial charge in [-0.3, -0.25) is 4.79 Å². The van der Waals surface area contributed by atoms with Crippen molar-refractivity contribution in [2.45, 2.75) is 13.3 Å². The van der Waals surface area contributed by atoms with E-state index in [1.165, 1.54) is 12.5 Å². The topological polar surface area (TPSA) is 55.2 Å². The number of ether oxygens (including phenoxy) is 1. The monoisotopic (exact) mass is 269 g/mol. The van der Waals surface area contributed by atoms with Crippen LogP contribution in [0.3, 0.4) is 0 Å². The fourth-order valence-electron chi connectivity index (χ4n) is 2.21. The molecule has 2 heterocycles. The van der Waals surface area contributed by atoms with Crippen LogP contribution in [0.15, 0.2) is 47.4 Å². The predicted octanol–water partition coefficient (Wildman–Crippen LogP) is 3.78. The summed E-state index contributed by atoms with van der Waals surface area (Å²) >= 11 is 0. The van der Waals surface area contributed by atoms with Crippen LogP contribution in [0, 0.1) is 0 Å². The number of H-pyrrole nitrogens is 1. The first kappa shape index (κ1) is 12.5. The maximum atomic E-state index is 12.5. The summed E-state index contributed by atoms with van der Waals surface area (Å²) in [5, 5.41) is 0.826. The molecule has 102 valence electrons. The lowest BCUT2D eigenvalue weighted by Gasteiger charge is -2.07. The molecule has 0 saturated heterocycles. The highest BCUT2D eigenvalue weighted by Crippen LogP contribution is 2.30. The molecule has 0 aliphatic heterocycles. The SMILES string of the molecule is CCCOc1cccc2[nH]cc(C(=O)c3ccoc3)c12. The highest BCUT2D eigenvalue weighted by Gasteiger charge is 2.18. The van der Waals surface area contributed by atoms with Gasteiger partial charge in [-0.1, -0.05) is 13.0 Å². The number of nitrogens with one attached hydrogen (secondary N) is 1. The third-order valence-corrected chi connectivity index (χ3v) is 3.16. The molecule has 4 nitrogen and oxygen atoms in total. The van der Waals surface area contributed by atoms with Crippen LogP contribution < -0.4 is 4.74 Å². The Morgan fingerprint density at radius 1 is 1.35 bits per heavy atom. The lowest BCUT2D eigenvalue weighted by atomic mass is 10.0. The summed E-state index contributed by atoms with van der Waals surface area (Å²) in [6.45, 7) is 2.68. The van der Waals surface area contributed by atoms with E-state index in [-0.39, 0.29) is 5.78 Å². The first-order valence-corrected chi connectivity index (χ1v) is 6.61. The van der Waals surface area contributed by atoms with Crippen LogP contribution >= 0.6 is 0 Å². The molecule has 20 heavy (non-hydrogen) atoms. The second-order valence-corrected chi connectivity index (χ2v) is 4.57. The standard InChI is InChI=1S/C16H15NO3/c1-2-7-20-14-5-3-4-13-15(14)12(9-17-13)16(18)11-6-8-19-10-11/h3-6,8-10,17H,2,7H2,1H3. The van der Waals surface area contributed by atoms with E-state index >= 15 is 0 Å². The van der Waals surface area contributed by atoms with Crippen molar-refractivity contribution in [2.75, 3.05) is 6.61 Å². The molecule has 0 bridgehead atoms. The van der Waals surface area contributed by atoms with Crippen LogP contribution in [0.4, 0.5) is 0 Å². The number of furan rings is 1. The Morgan fingerprint density at radius 3 is 3.00 bits per heavy atom. The summed E-state index contributed by atoms with van der Waals surface area (Å²) in [6, 6.07) is 7.39. The molecule has 3 rings (SSSR count). The van der Waals surface area contributed by atoms with Gasteiger partial charge < -0.3 is 14.1 Å². The Kier molecular flexibility index (Phi) is 3.29. The van der Waals surface area contributed by atoms with E-state index in [4.69, 9.17) is 9.15 Å². The molecule has 3 aromatic rings. The zero-order valence-electron chi connectivity index (χ0n) is 11.2. The number of aromatic amines is 1. The van der Waals surface area contributed by atoms with Crippen LogP contribution in [0.5, 0.6) is 5.75 Å². The highest BCUT2D eigenvalue weighted by atomic mass is 16.5. The second kappa shape index (κ2) is 5.25. The predicted molar refractivity (Wildman–Crippen MR) is 76.2 cm³/mol. The number of aromatic nitrogens is 1. The molecule has 0 amide bonds. The van der Waals surface area contributed by atoms with E-state index in [9.17, 15) is 4.79 Å². The van der Waals surface area contributed by atoms with E-state index in [0.29, 0.717) is 17.7 Å². The molecule has 1 aromatic carbocycles. The van der Waals surface area contributed by atoms with Crippen LogP contribution in [-0.4, -0.2) is 17.4 Å². The maximum Gasteiger partial charge on any atom is 0.198 e. The van der Waals surface area contributed by atoms with Crippen molar-refractivity contribution in [1.82, 2.24) is 4.98 Å².